The third-order valence-corrected chi connectivity index (χ3v) is 7.07. The van der Waals surface area contributed by atoms with Gasteiger partial charge in [0.1, 0.15) is 9.84 Å². The second-order valence-corrected chi connectivity index (χ2v) is 10.8. The van der Waals surface area contributed by atoms with Crippen molar-refractivity contribution in [2.24, 2.45) is 0 Å². The van der Waals surface area contributed by atoms with Crippen LogP contribution in [-0.4, -0.2) is 40.1 Å². The lowest BCUT2D eigenvalue weighted by Crippen LogP contribution is -2.51. The van der Waals surface area contributed by atoms with E-state index in [4.69, 9.17) is 0 Å². The van der Waals surface area contributed by atoms with Gasteiger partial charge >= 0.3 is 0 Å². The molecule has 2 aromatic rings. The zero-order valence-corrected chi connectivity index (χ0v) is 22.3. The molecule has 0 fully saturated rings. The molecule has 3 rings (SSSR count). The molecule has 0 saturated carbocycles. The number of likely N-dealkylation sites (N-methyl/N-ethyl adjacent to an activating group) is 2. The van der Waals surface area contributed by atoms with Crippen LogP contribution in [0.1, 0.15) is 53.5 Å². The summed E-state index contributed by atoms with van der Waals surface area (Å²) < 4.78 is 20.0. The molecular formula is C27H42N2O2S. The van der Waals surface area contributed by atoms with E-state index in [1.54, 1.807) is 6.92 Å². The first-order chi connectivity index (χ1) is 15.0. The van der Waals surface area contributed by atoms with E-state index in [0.29, 0.717) is 0 Å². The number of nitrogens with zero attached hydrogens (tertiary/aromatic N) is 2. The van der Waals surface area contributed by atoms with Gasteiger partial charge in [0.2, 0.25) is 0 Å². The lowest BCUT2D eigenvalue weighted by molar-refractivity contribution is 0.540. The molecule has 0 unspecified atom stereocenters. The number of anilines is 2. The molecule has 0 amide bonds. The maximum absolute atomic E-state index is 10.0. The van der Waals surface area contributed by atoms with Crippen molar-refractivity contribution in [3.63, 3.8) is 0 Å². The molecule has 2 aromatic carbocycles. The van der Waals surface area contributed by atoms with E-state index in [1.165, 1.54) is 34.3 Å². The van der Waals surface area contributed by atoms with Crippen LogP contribution in [0.2, 0.25) is 0 Å². The smallest absolute Gasteiger partial charge is 0.147 e. The molecule has 0 spiro atoms. The van der Waals surface area contributed by atoms with Gasteiger partial charge in [-0.1, -0.05) is 77.1 Å². The highest BCUT2D eigenvalue weighted by atomic mass is 32.2. The lowest BCUT2D eigenvalue weighted by Gasteiger charge is -2.49. The Morgan fingerprint density at radius 1 is 0.969 bits per heavy atom. The third kappa shape index (κ3) is 6.16. The Hall–Kier alpha value is -2.27. The third-order valence-electron chi connectivity index (χ3n) is 6.02. The lowest BCUT2D eigenvalue weighted by atomic mass is 9.88. The van der Waals surface area contributed by atoms with Crippen LogP contribution >= 0.6 is 0 Å². The normalized spacial score (nSPS) is 14.6. The Labute approximate surface area is 196 Å². The van der Waals surface area contributed by atoms with Crippen LogP contribution in [0.3, 0.4) is 0 Å². The van der Waals surface area contributed by atoms with Gasteiger partial charge in [-0.2, -0.15) is 0 Å². The molecule has 0 N–H and O–H groups in total. The van der Waals surface area contributed by atoms with Crippen LogP contribution in [0.5, 0.6) is 0 Å². The van der Waals surface area contributed by atoms with Gasteiger partial charge in [0.25, 0.3) is 0 Å². The molecule has 0 bridgehead atoms. The van der Waals surface area contributed by atoms with Gasteiger partial charge in [-0.25, -0.2) is 8.42 Å². The molecule has 0 saturated heterocycles. The highest BCUT2D eigenvalue weighted by Gasteiger charge is 2.38. The summed E-state index contributed by atoms with van der Waals surface area (Å²) >= 11 is 0. The molecule has 178 valence electrons. The van der Waals surface area contributed by atoms with Gasteiger partial charge in [0.05, 0.1) is 16.9 Å². The van der Waals surface area contributed by atoms with E-state index in [-0.39, 0.29) is 11.3 Å². The summed E-state index contributed by atoms with van der Waals surface area (Å²) in [7, 11) is 1.67. The quantitative estimate of drug-likeness (QED) is 0.520. The number of benzene rings is 2. The molecule has 1 heterocycles. The van der Waals surface area contributed by atoms with Crippen molar-refractivity contribution >= 4 is 21.2 Å². The molecule has 32 heavy (non-hydrogen) atoms. The van der Waals surface area contributed by atoms with Crippen LogP contribution in [-0.2, 0) is 16.3 Å². The first kappa shape index (κ1) is 27.8. The Balaban J connectivity index is 0.000000556. The summed E-state index contributed by atoms with van der Waals surface area (Å²) in [5.41, 5.74) is 7.70. The summed E-state index contributed by atoms with van der Waals surface area (Å²) in [5.74, 6) is 0.243. The van der Waals surface area contributed by atoms with Crippen LogP contribution < -0.4 is 9.80 Å². The minimum absolute atomic E-state index is 0.0838. The highest BCUT2D eigenvalue weighted by Crippen LogP contribution is 2.47. The summed E-state index contributed by atoms with van der Waals surface area (Å²) in [6.45, 7) is 16.7. The van der Waals surface area contributed by atoms with Gasteiger partial charge in [0.15, 0.2) is 0 Å². The van der Waals surface area contributed by atoms with Gasteiger partial charge in [-0.15, -0.1) is 0 Å². The molecule has 4 nitrogen and oxygen atoms in total. The predicted molar refractivity (Wildman–Crippen MR) is 143 cm³/mol. The first-order valence-electron chi connectivity index (χ1n) is 11.5. The van der Waals surface area contributed by atoms with Crippen molar-refractivity contribution in [2.45, 2.75) is 59.9 Å². The van der Waals surface area contributed by atoms with Crippen molar-refractivity contribution < 1.29 is 8.42 Å². The maximum Gasteiger partial charge on any atom is 0.147 e. The fraction of sp³-hybridized carbons (Fsp3) is 0.481. The number of hydrogen-bond acceptors (Lipinski definition) is 4. The monoisotopic (exact) mass is 458 g/mol. The summed E-state index contributed by atoms with van der Waals surface area (Å²) in [5, 5.41) is 0. The summed E-state index contributed by atoms with van der Waals surface area (Å²) in [4.78, 5) is 4.66. The van der Waals surface area contributed by atoms with Gasteiger partial charge in [-0.05, 0) is 43.0 Å². The van der Waals surface area contributed by atoms with Crippen molar-refractivity contribution in [1.29, 1.82) is 0 Å². The molecule has 0 aromatic heterocycles. The maximum atomic E-state index is 10.0. The number of hydrogen-bond donors (Lipinski definition) is 0. The average Bonchev–Trinajstić information content (AvgIpc) is 2.78. The number of rotatable bonds is 4. The second kappa shape index (κ2) is 11.6. The Morgan fingerprint density at radius 2 is 1.50 bits per heavy atom. The zero-order valence-electron chi connectivity index (χ0n) is 21.5. The van der Waals surface area contributed by atoms with E-state index >= 15 is 0 Å². The molecule has 0 aliphatic carbocycles. The largest absolute Gasteiger partial charge is 0.362 e. The highest BCUT2D eigenvalue weighted by molar-refractivity contribution is 7.90. The van der Waals surface area contributed by atoms with Crippen LogP contribution in [0.15, 0.2) is 54.7 Å². The average molecular weight is 459 g/mol. The fourth-order valence-electron chi connectivity index (χ4n) is 3.70. The van der Waals surface area contributed by atoms with Crippen LogP contribution in [0, 0.1) is 0 Å². The fourth-order valence-corrected chi connectivity index (χ4v) is 3.70. The molecule has 0 atom stereocenters. The van der Waals surface area contributed by atoms with E-state index < -0.39 is 9.84 Å². The number of sulfone groups is 1. The molecular weight excluding hydrogens is 416 g/mol. The standard InChI is InChI=1S/C22H28N2.C3H8O2S.C2H6/c1-7-11-19-18(17-12-9-8-10-13-17)14-15-20-21(19)23(5)16(2)22(3,4)24(20)6;1-3-6(2,4)5;1-2/h8-10,12-15H,2,7,11H2,1,3-6H3;3H2,1-2H3;1-2H3. The zero-order chi connectivity index (χ0) is 24.7. The molecule has 1 aliphatic heterocycles. The van der Waals surface area contributed by atoms with E-state index in [9.17, 15) is 8.42 Å². The molecule has 0 radical (unpaired) electrons. The van der Waals surface area contributed by atoms with Crippen molar-refractivity contribution in [3.8, 4) is 11.1 Å². The SMILES string of the molecule is C=C1N(C)c2c(ccc(-c3ccccc3)c2CCC)N(C)C1(C)C.CC.CCS(C)(=O)=O. The summed E-state index contributed by atoms with van der Waals surface area (Å²) in [6, 6.07) is 15.3. The minimum Gasteiger partial charge on any atom is -0.362 e. The van der Waals surface area contributed by atoms with Gasteiger partial charge in [0, 0.05) is 31.8 Å². The predicted octanol–water partition coefficient (Wildman–Crippen LogP) is 6.56. The molecule has 1 aliphatic rings. The Kier molecular flexibility index (Phi) is 10.0. The Bertz CT molecular complexity index is 996. The Morgan fingerprint density at radius 3 is 1.97 bits per heavy atom. The summed E-state index contributed by atoms with van der Waals surface area (Å²) in [6.07, 6.45) is 3.41. The van der Waals surface area contributed by atoms with Gasteiger partial charge in [-0.3, -0.25) is 0 Å². The van der Waals surface area contributed by atoms with Gasteiger partial charge < -0.3 is 9.80 Å². The molecule has 5 heteroatoms. The van der Waals surface area contributed by atoms with Crippen molar-refractivity contribution in [1.82, 2.24) is 0 Å². The van der Waals surface area contributed by atoms with Crippen molar-refractivity contribution in [2.75, 3.05) is 35.9 Å². The number of fused-ring (bicyclic) bond motifs is 1. The van der Waals surface area contributed by atoms with E-state index in [0.717, 1.165) is 18.5 Å². The van der Waals surface area contributed by atoms with Crippen LogP contribution in [0.25, 0.3) is 11.1 Å². The van der Waals surface area contributed by atoms with E-state index in [2.05, 4.69) is 93.7 Å². The van der Waals surface area contributed by atoms with Crippen LogP contribution in [0.4, 0.5) is 11.4 Å². The first-order valence-corrected chi connectivity index (χ1v) is 13.6. The minimum atomic E-state index is -2.66. The second-order valence-electron chi connectivity index (χ2n) is 8.41. The topological polar surface area (TPSA) is 40.6 Å². The van der Waals surface area contributed by atoms with E-state index in [1.807, 2.05) is 13.8 Å². The van der Waals surface area contributed by atoms with Crippen molar-refractivity contribution in [3.05, 3.63) is 60.3 Å².